The highest BCUT2D eigenvalue weighted by Crippen LogP contribution is 2.43. The van der Waals surface area contributed by atoms with E-state index in [0.717, 1.165) is 22.9 Å². The molecule has 0 bridgehead atoms. The predicted molar refractivity (Wildman–Crippen MR) is 143 cm³/mol. The summed E-state index contributed by atoms with van der Waals surface area (Å²) < 4.78 is 46.5. The molecule has 0 atom stereocenters. The van der Waals surface area contributed by atoms with Gasteiger partial charge in [0.25, 0.3) is 0 Å². The molecule has 0 radical (unpaired) electrons. The summed E-state index contributed by atoms with van der Waals surface area (Å²) in [5, 5.41) is 0. The standard InChI is InChI=1S/C29H25NO6S/c1-30-23-13-10-21(11-14-23)24-17-28(34-3)25(18-27(24)33-2)22-12-15-26(29(16-22)36-37(4,31)32)35-19-20-8-6-5-7-9-20/h5-18H,19H2,2-4H3. The molecular weight excluding hydrogens is 490 g/mol. The molecule has 0 spiro atoms. The lowest BCUT2D eigenvalue weighted by Gasteiger charge is -2.17. The maximum absolute atomic E-state index is 12.0. The van der Waals surface area contributed by atoms with Gasteiger partial charge in [0.1, 0.15) is 18.1 Å². The fourth-order valence-corrected chi connectivity index (χ4v) is 4.28. The summed E-state index contributed by atoms with van der Waals surface area (Å²) >= 11 is 0. The molecule has 0 N–H and O–H groups in total. The summed E-state index contributed by atoms with van der Waals surface area (Å²) in [4.78, 5) is 3.44. The van der Waals surface area contributed by atoms with E-state index in [9.17, 15) is 8.42 Å². The Morgan fingerprint density at radius 1 is 0.730 bits per heavy atom. The van der Waals surface area contributed by atoms with Crippen molar-refractivity contribution in [2.45, 2.75) is 6.61 Å². The highest BCUT2D eigenvalue weighted by atomic mass is 32.2. The average Bonchev–Trinajstić information content (AvgIpc) is 2.91. The van der Waals surface area contributed by atoms with Crippen molar-refractivity contribution >= 4 is 15.8 Å². The Bertz CT molecular complexity index is 1540. The third kappa shape index (κ3) is 6.21. The van der Waals surface area contributed by atoms with Gasteiger partial charge >= 0.3 is 10.1 Å². The lowest BCUT2D eigenvalue weighted by atomic mass is 9.97. The molecule has 7 nitrogen and oxygen atoms in total. The van der Waals surface area contributed by atoms with Crippen molar-refractivity contribution < 1.29 is 26.8 Å². The third-order valence-electron chi connectivity index (χ3n) is 5.56. The number of rotatable bonds is 9. The van der Waals surface area contributed by atoms with Crippen molar-refractivity contribution in [3.05, 3.63) is 102 Å². The quantitative estimate of drug-likeness (QED) is 0.187. The first kappa shape index (κ1) is 25.6. The SMILES string of the molecule is [C-]#[N+]c1ccc(-c2cc(OC)c(-c3ccc(OCc4ccccc4)c(OS(C)(=O)=O)c3)cc2OC)cc1. The topological polar surface area (TPSA) is 75.4 Å². The van der Waals surface area contributed by atoms with Crippen LogP contribution in [0.4, 0.5) is 5.69 Å². The van der Waals surface area contributed by atoms with Crippen LogP contribution in [0.25, 0.3) is 27.1 Å². The Labute approximate surface area is 216 Å². The lowest BCUT2D eigenvalue weighted by Crippen LogP contribution is -2.08. The van der Waals surface area contributed by atoms with Crippen LogP contribution in [0, 0.1) is 6.57 Å². The largest absolute Gasteiger partial charge is 0.496 e. The molecule has 4 aromatic rings. The van der Waals surface area contributed by atoms with Gasteiger partial charge in [-0.2, -0.15) is 8.42 Å². The molecule has 4 rings (SSSR count). The van der Waals surface area contributed by atoms with E-state index in [2.05, 4.69) is 4.85 Å². The average molecular weight is 516 g/mol. The molecule has 0 fully saturated rings. The number of ether oxygens (including phenoxy) is 3. The van der Waals surface area contributed by atoms with Crippen molar-refractivity contribution in [2.75, 3.05) is 20.5 Å². The number of hydrogen-bond donors (Lipinski definition) is 0. The van der Waals surface area contributed by atoms with Gasteiger partial charge in [0.15, 0.2) is 17.2 Å². The summed E-state index contributed by atoms with van der Waals surface area (Å²) in [7, 11) is -0.687. The normalized spacial score (nSPS) is 10.9. The second-order valence-corrected chi connectivity index (χ2v) is 9.71. The summed E-state index contributed by atoms with van der Waals surface area (Å²) in [6.45, 7) is 7.41. The molecule has 0 unspecified atom stereocenters. The van der Waals surface area contributed by atoms with E-state index in [1.165, 1.54) is 0 Å². The van der Waals surface area contributed by atoms with Crippen LogP contribution < -0.4 is 18.4 Å². The van der Waals surface area contributed by atoms with Gasteiger partial charge in [-0.1, -0.05) is 60.7 Å². The zero-order chi connectivity index (χ0) is 26.4. The Kier molecular flexibility index (Phi) is 7.66. The molecule has 8 heteroatoms. The molecule has 0 heterocycles. The second kappa shape index (κ2) is 11.1. The molecule has 0 aromatic heterocycles. The third-order valence-corrected chi connectivity index (χ3v) is 6.04. The molecule has 37 heavy (non-hydrogen) atoms. The zero-order valence-corrected chi connectivity index (χ0v) is 21.4. The van der Waals surface area contributed by atoms with Gasteiger partial charge in [-0.15, -0.1) is 0 Å². The fraction of sp³-hybridized carbons (Fsp3) is 0.138. The smallest absolute Gasteiger partial charge is 0.306 e. The molecule has 0 saturated carbocycles. The first-order chi connectivity index (χ1) is 17.8. The van der Waals surface area contributed by atoms with E-state index in [1.807, 2.05) is 54.6 Å². The Morgan fingerprint density at radius 3 is 1.89 bits per heavy atom. The first-order valence-electron chi connectivity index (χ1n) is 11.3. The summed E-state index contributed by atoms with van der Waals surface area (Å²) in [6, 6.07) is 25.5. The van der Waals surface area contributed by atoms with Crippen molar-refractivity contribution in [3.63, 3.8) is 0 Å². The van der Waals surface area contributed by atoms with Crippen molar-refractivity contribution in [1.82, 2.24) is 0 Å². The van der Waals surface area contributed by atoms with Gasteiger partial charge in [-0.05, 0) is 41.0 Å². The van der Waals surface area contributed by atoms with Crippen LogP contribution in [0.3, 0.4) is 0 Å². The number of benzene rings is 4. The fourth-order valence-electron chi connectivity index (χ4n) is 3.82. The molecule has 188 valence electrons. The summed E-state index contributed by atoms with van der Waals surface area (Å²) in [5.41, 5.74) is 4.45. The lowest BCUT2D eigenvalue weighted by molar-refractivity contribution is 0.296. The molecule has 0 aliphatic rings. The van der Waals surface area contributed by atoms with Gasteiger partial charge in [-0.25, -0.2) is 4.85 Å². The molecule has 0 aliphatic carbocycles. The van der Waals surface area contributed by atoms with E-state index in [4.69, 9.17) is 25.0 Å². The van der Waals surface area contributed by atoms with Crippen molar-refractivity contribution in [2.24, 2.45) is 0 Å². The van der Waals surface area contributed by atoms with Gasteiger partial charge in [0.2, 0.25) is 0 Å². The predicted octanol–water partition coefficient (Wildman–Crippen LogP) is 6.51. The summed E-state index contributed by atoms with van der Waals surface area (Å²) in [6.07, 6.45) is 0.984. The van der Waals surface area contributed by atoms with Crippen LogP contribution in [-0.2, 0) is 16.7 Å². The number of hydrogen-bond acceptors (Lipinski definition) is 6. The Morgan fingerprint density at radius 2 is 1.32 bits per heavy atom. The van der Waals surface area contributed by atoms with Crippen LogP contribution in [0.15, 0.2) is 84.9 Å². The Hall–Kier alpha value is -4.48. The highest BCUT2D eigenvalue weighted by Gasteiger charge is 2.18. The maximum Gasteiger partial charge on any atom is 0.306 e. The van der Waals surface area contributed by atoms with Gasteiger partial charge < -0.3 is 18.4 Å². The minimum Gasteiger partial charge on any atom is -0.496 e. The zero-order valence-electron chi connectivity index (χ0n) is 20.6. The van der Waals surface area contributed by atoms with E-state index in [-0.39, 0.29) is 12.4 Å². The van der Waals surface area contributed by atoms with E-state index in [1.54, 1.807) is 44.6 Å². The second-order valence-electron chi connectivity index (χ2n) is 8.13. The molecule has 0 amide bonds. The monoisotopic (exact) mass is 515 g/mol. The van der Waals surface area contributed by atoms with E-state index < -0.39 is 10.1 Å². The number of methoxy groups -OCH3 is 2. The van der Waals surface area contributed by atoms with Crippen LogP contribution in [0.5, 0.6) is 23.0 Å². The number of nitrogens with zero attached hydrogens (tertiary/aromatic N) is 1. The van der Waals surface area contributed by atoms with Crippen LogP contribution in [-0.4, -0.2) is 28.9 Å². The first-order valence-corrected chi connectivity index (χ1v) is 13.1. The Balaban J connectivity index is 1.76. The minimum atomic E-state index is -3.82. The molecule has 0 aliphatic heterocycles. The van der Waals surface area contributed by atoms with Gasteiger partial charge in [0.05, 0.1) is 27.0 Å². The van der Waals surface area contributed by atoms with Crippen LogP contribution in [0.1, 0.15) is 5.56 Å². The van der Waals surface area contributed by atoms with Crippen molar-refractivity contribution in [3.8, 4) is 45.3 Å². The van der Waals surface area contributed by atoms with Crippen LogP contribution in [0.2, 0.25) is 0 Å². The highest BCUT2D eigenvalue weighted by molar-refractivity contribution is 7.86. The minimum absolute atomic E-state index is 0.0655. The molecule has 0 saturated heterocycles. The molecular formula is C29H25NO6S. The van der Waals surface area contributed by atoms with Crippen LogP contribution >= 0.6 is 0 Å². The van der Waals surface area contributed by atoms with Gasteiger partial charge in [0, 0.05) is 11.1 Å². The summed E-state index contributed by atoms with van der Waals surface area (Å²) in [5.74, 6) is 1.49. The van der Waals surface area contributed by atoms with Crippen molar-refractivity contribution in [1.29, 1.82) is 0 Å². The van der Waals surface area contributed by atoms with E-state index in [0.29, 0.717) is 34.1 Å². The van der Waals surface area contributed by atoms with E-state index >= 15 is 0 Å². The molecule has 4 aromatic carbocycles. The maximum atomic E-state index is 12.0. The van der Waals surface area contributed by atoms with Gasteiger partial charge in [-0.3, -0.25) is 0 Å².